The number of rotatable bonds is 4. The van der Waals surface area contributed by atoms with Gasteiger partial charge >= 0.3 is 0 Å². The molecule has 2 N–H and O–H groups in total. The maximum Gasteiger partial charge on any atom is 0.239 e. The summed E-state index contributed by atoms with van der Waals surface area (Å²) in [6.45, 7) is 6.20. The summed E-state index contributed by atoms with van der Waals surface area (Å²) in [7, 11) is 1.65. The lowest BCUT2D eigenvalue weighted by Crippen LogP contribution is -2.52. The van der Waals surface area contributed by atoms with Crippen molar-refractivity contribution in [2.45, 2.75) is 38.1 Å². The average molecular weight is 444 g/mol. The predicted molar refractivity (Wildman–Crippen MR) is 127 cm³/mol. The molecule has 0 spiro atoms. The number of nitrogens with zero attached hydrogens (tertiary/aromatic N) is 4. The van der Waals surface area contributed by atoms with E-state index in [1.165, 1.54) is 21.8 Å². The molecule has 32 heavy (non-hydrogen) atoms. The number of hydrogen-bond acceptors (Lipinski definition) is 6. The number of benzene rings is 2. The first kappa shape index (κ1) is 21.7. The topological polar surface area (TPSA) is 95.4 Å². The first-order valence-corrected chi connectivity index (χ1v) is 11.3. The molecule has 0 saturated carbocycles. The van der Waals surface area contributed by atoms with Gasteiger partial charge in [0.2, 0.25) is 5.91 Å². The second kappa shape index (κ2) is 8.21. The van der Waals surface area contributed by atoms with Crippen LogP contribution in [0.15, 0.2) is 59.7 Å². The van der Waals surface area contributed by atoms with Crippen LogP contribution in [0.25, 0.3) is 10.4 Å². The minimum absolute atomic E-state index is 0.111. The molecule has 0 fully saturated rings. The molecule has 0 aliphatic carbocycles. The molecule has 2 aromatic carbocycles. The lowest BCUT2D eigenvalue weighted by Gasteiger charge is -2.39. The van der Waals surface area contributed by atoms with E-state index >= 15 is 0 Å². The van der Waals surface area contributed by atoms with Crippen molar-refractivity contribution in [1.29, 1.82) is 5.26 Å². The monoisotopic (exact) mass is 443 g/mol. The number of nitrogens with two attached hydrogens (primary N) is 1. The molecule has 6 nitrogen and oxygen atoms in total. The molecule has 0 radical (unpaired) electrons. The molecule has 2 heterocycles. The number of aliphatic imine (C=N–C) groups is 1. The van der Waals surface area contributed by atoms with Crippen molar-refractivity contribution in [3.05, 3.63) is 76.4 Å². The highest BCUT2D eigenvalue weighted by molar-refractivity contribution is 7.15. The van der Waals surface area contributed by atoms with E-state index in [9.17, 15) is 10.1 Å². The highest BCUT2D eigenvalue weighted by atomic mass is 32.1. The first-order valence-electron chi connectivity index (χ1n) is 10.4. The fourth-order valence-corrected chi connectivity index (χ4v) is 5.05. The lowest BCUT2D eigenvalue weighted by atomic mass is 9.78. The molecule has 1 amide bonds. The zero-order valence-electron chi connectivity index (χ0n) is 18.5. The zero-order valence-corrected chi connectivity index (χ0v) is 19.4. The fourth-order valence-electron chi connectivity index (χ4n) is 4.02. The van der Waals surface area contributed by atoms with Gasteiger partial charge < -0.3 is 5.73 Å². The molecule has 1 aromatic heterocycles. The Morgan fingerprint density at radius 2 is 1.94 bits per heavy atom. The third kappa shape index (κ3) is 3.67. The average Bonchev–Trinajstić information content (AvgIpc) is 3.29. The van der Waals surface area contributed by atoms with Gasteiger partial charge in [-0.15, -0.1) is 11.3 Å². The van der Waals surface area contributed by atoms with E-state index in [2.05, 4.69) is 37.0 Å². The number of guanidine groups is 1. The van der Waals surface area contributed by atoms with E-state index < -0.39 is 11.5 Å². The number of hydrogen-bond donors (Lipinski definition) is 1. The molecule has 2 atom stereocenters. The maximum atomic E-state index is 13.4. The van der Waals surface area contributed by atoms with Crippen LogP contribution in [0.5, 0.6) is 0 Å². The van der Waals surface area contributed by atoms with E-state index in [0.717, 1.165) is 16.0 Å². The van der Waals surface area contributed by atoms with Gasteiger partial charge in [0.15, 0.2) is 5.96 Å². The van der Waals surface area contributed by atoms with Crippen molar-refractivity contribution in [3.8, 4) is 16.5 Å². The summed E-state index contributed by atoms with van der Waals surface area (Å²) in [5.41, 5.74) is 8.78. The normalized spacial score (nSPS) is 20.9. The summed E-state index contributed by atoms with van der Waals surface area (Å²) >= 11 is 1.47. The van der Waals surface area contributed by atoms with E-state index in [-0.39, 0.29) is 11.9 Å². The van der Waals surface area contributed by atoms with Gasteiger partial charge in [0.1, 0.15) is 10.5 Å². The minimum Gasteiger partial charge on any atom is -0.369 e. The maximum absolute atomic E-state index is 13.4. The molecule has 1 aliphatic rings. The largest absolute Gasteiger partial charge is 0.369 e. The lowest BCUT2D eigenvalue weighted by molar-refractivity contribution is -0.130. The van der Waals surface area contributed by atoms with Gasteiger partial charge in [-0.2, -0.15) is 5.26 Å². The first-order chi connectivity index (χ1) is 15.2. The Morgan fingerprint density at radius 1 is 1.22 bits per heavy atom. The van der Waals surface area contributed by atoms with E-state index in [0.29, 0.717) is 16.5 Å². The summed E-state index contributed by atoms with van der Waals surface area (Å²) in [5.74, 6) is -0.0821. The highest BCUT2D eigenvalue weighted by Crippen LogP contribution is 2.46. The number of aromatic nitrogens is 1. The molecular weight excluding hydrogens is 418 g/mol. The van der Waals surface area contributed by atoms with Crippen LogP contribution >= 0.6 is 11.3 Å². The molecular formula is C25H25N5OS. The van der Waals surface area contributed by atoms with E-state index in [4.69, 9.17) is 10.7 Å². The van der Waals surface area contributed by atoms with Crippen molar-refractivity contribution in [2.75, 3.05) is 7.05 Å². The Morgan fingerprint density at radius 3 is 2.59 bits per heavy atom. The minimum atomic E-state index is -0.942. The highest BCUT2D eigenvalue weighted by Gasteiger charge is 2.49. The number of amides is 1. The van der Waals surface area contributed by atoms with Crippen molar-refractivity contribution < 1.29 is 4.79 Å². The Bertz CT molecular complexity index is 1240. The molecule has 4 rings (SSSR count). The number of carbonyl (C=O) groups is 1. The standard InChI is InChI=1S/C25H25N5OS/c1-15(2)17-8-10-18(11-9-17)21-22(31)30(4)24(27)29-25(21,3)23-28-14-20(32-23)19-7-5-6-16(12-19)13-26/h5-12,14-15,21H,1-4H3,(H2,27,29)/t21-,25-/m0/s1. The van der Waals surface area contributed by atoms with Crippen molar-refractivity contribution in [1.82, 2.24) is 9.88 Å². The smallest absolute Gasteiger partial charge is 0.239 e. The van der Waals surface area contributed by atoms with Crippen LogP contribution in [-0.2, 0) is 10.3 Å². The van der Waals surface area contributed by atoms with Gasteiger partial charge in [-0.25, -0.2) is 9.98 Å². The summed E-state index contributed by atoms with van der Waals surface area (Å²) < 4.78 is 0. The van der Waals surface area contributed by atoms with Crippen LogP contribution in [-0.4, -0.2) is 28.8 Å². The third-order valence-electron chi connectivity index (χ3n) is 5.98. The molecule has 1 aliphatic heterocycles. The van der Waals surface area contributed by atoms with Gasteiger partial charge in [0.25, 0.3) is 0 Å². The number of carbonyl (C=O) groups excluding carboxylic acids is 1. The second-order valence-electron chi connectivity index (χ2n) is 8.49. The Labute approximate surface area is 192 Å². The molecule has 0 unspecified atom stereocenters. The summed E-state index contributed by atoms with van der Waals surface area (Å²) in [4.78, 5) is 25.2. The second-order valence-corrected chi connectivity index (χ2v) is 9.52. The fraction of sp³-hybridized carbons (Fsp3) is 0.280. The molecule has 162 valence electrons. The zero-order chi connectivity index (χ0) is 23.0. The summed E-state index contributed by atoms with van der Waals surface area (Å²) in [6, 6.07) is 17.7. The third-order valence-corrected chi connectivity index (χ3v) is 7.25. The Balaban J connectivity index is 1.81. The van der Waals surface area contributed by atoms with Gasteiger partial charge in [-0.05, 0) is 41.7 Å². The Kier molecular flexibility index (Phi) is 5.57. The summed E-state index contributed by atoms with van der Waals surface area (Å²) in [5, 5.41) is 9.93. The van der Waals surface area contributed by atoms with Crippen LogP contribution in [0, 0.1) is 11.3 Å². The van der Waals surface area contributed by atoms with Crippen LogP contribution in [0.3, 0.4) is 0 Å². The Hall–Kier alpha value is -3.50. The predicted octanol–water partition coefficient (Wildman–Crippen LogP) is 4.59. The van der Waals surface area contributed by atoms with Crippen molar-refractivity contribution in [2.24, 2.45) is 10.7 Å². The van der Waals surface area contributed by atoms with Crippen LogP contribution in [0.4, 0.5) is 0 Å². The van der Waals surface area contributed by atoms with Crippen molar-refractivity contribution >= 4 is 23.2 Å². The van der Waals surface area contributed by atoms with Gasteiger partial charge in [0, 0.05) is 13.2 Å². The number of nitriles is 1. The number of thiazole rings is 1. The molecule has 3 aromatic rings. The SMILES string of the molecule is CC(C)c1ccc([C@H]2C(=O)N(C)C(N)=N[C@]2(C)c2ncc(-c3cccc(C#N)c3)s2)cc1. The summed E-state index contributed by atoms with van der Waals surface area (Å²) in [6.07, 6.45) is 1.77. The van der Waals surface area contributed by atoms with Gasteiger partial charge in [0.05, 0.1) is 22.4 Å². The molecule has 7 heteroatoms. The van der Waals surface area contributed by atoms with Gasteiger partial charge in [-0.3, -0.25) is 9.69 Å². The van der Waals surface area contributed by atoms with E-state index in [1.807, 2.05) is 37.3 Å². The number of likely N-dealkylation sites (N-methyl/N-ethyl adjacent to an activating group) is 1. The quantitative estimate of drug-likeness (QED) is 0.638. The van der Waals surface area contributed by atoms with E-state index in [1.54, 1.807) is 19.3 Å². The molecule has 0 saturated heterocycles. The van der Waals surface area contributed by atoms with Crippen LogP contribution in [0.2, 0.25) is 0 Å². The van der Waals surface area contributed by atoms with Gasteiger partial charge in [-0.1, -0.05) is 50.2 Å². The van der Waals surface area contributed by atoms with Crippen LogP contribution in [0.1, 0.15) is 54.3 Å². The molecule has 0 bridgehead atoms. The van der Waals surface area contributed by atoms with Crippen molar-refractivity contribution in [3.63, 3.8) is 0 Å². The van der Waals surface area contributed by atoms with Crippen LogP contribution < -0.4 is 5.73 Å².